The molecule has 108 valence electrons. The highest BCUT2D eigenvalue weighted by molar-refractivity contribution is 6.31. The first-order valence-electron chi connectivity index (χ1n) is 5.62. The Morgan fingerprint density at radius 1 is 1.29 bits per heavy atom. The molecule has 2 rings (SSSR count). The Kier molecular flexibility index (Phi) is 4.04. The summed E-state index contributed by atoms with van der Waals surface area (Å²) in [6.07, 6.45) is 0. The normalized spacial score (nSPS) is 10.2. The van der Waals surface area contributed by atoms with Crippen LogP contribution in [-0.4, -0.2) is 15.9 Å². The average molecular weight is 311 g/mol. The molecule has 0 unspecified atom stereocenters. The molecule has 0 heterocycles. The minimum atomic E-state index is -0.779. The molecule has 0 saturated heterocycles. The zero-order chi connectivity index (χ0) is 15.6. The standard InChI is InChI=1S/C13H8ClFN2O4/c14-10-5-7(1-3-11(10)15)16-13(19)9-6-8(17(20)21)2-4-12(9)18/h1-6,18H,(H,16,19). The van der Waals surface area contributed by atoms with Crippen molar-refractivity contribution < 1.29 is 19.2 Å². The van der Waals surface area contributed by atoms with Crippen molar-refractivity contribution in [2.75, 3.05) is 5.32 Å². The summed E-state index contributed by atoms with van der Waals surface area (Å²) < 4.78 is 13.0. The van der Waals surface area contributed by atoms with E-state index in [1.165, 1.54) is 12.1 Å². The Morgan fingerprint density at radius 3 is 2.62 bits per heavy atom. The van der Waals surface area contributed by atoms with E-state index < -0.39 is 22.4 Å². The number of anilines is 1. The summed E-state index contributed by atoms with van der Waals surface area (Å²) in [4.78, 5) is 21.9. The van der Waals surface area contributed by atoms with Crippen LogP contribution in [0.2, 0.25) is 5.02 Å². The van der Waals surface area contributed by atoms with Gasteiger partial charge in [0.1, 0.15) is 11.6 Å². The average Bonchev–Trinajstić information content (AvgIpc) is 2.43. The van der Waals surface area contributed by atoms with Gasteiger partial charge in [-0.1, -0.05) is 11.6 Å². The molecule has 0 spiro atoms. The van der Waals surface area contributed by atoms with Gasteiger partial charge in [-0.25, -0.2) is 4.39 Å². The van der Waals surface area contributed by atoms with Gasteiger partial charge in [-0.05, 0) is 24.3 Å². The molecular weight excluding hydrogens is 303 g/mol. The van der Waals surface area contributed by atoms with Crippen molar-refractivity contribution in [3.63, 3.8) is 0 Å². The fraction of sp³-hybridized carbons (Fsp3) is 0. The summed E-state index contributed by atoms with van der Waals surface area (Å²) in [6.45, 7) is 0. The molecule has 6 nitrogen and oxygen atoms in total. The molecule has 0 aromatic heterocycles. The Bertz CT molecular complexity index is 736. The number of nitrogens with zero attached hydrogens (tertiary/aromatic N) is 1. The molecule has 0 saturated carbocycles. The number of hydrogen-bond acceptors (Lipinski definition) is 4. The van der Waals surface area contributed by atoms with Gasteiger partial charge in [0, 0.05) is 17.8 Å². The van der Waals surface area contributed by atoms with E-state index in [-0.39, 0.29) is 22.0 Å². The molecule has 2 N–H and O–H groups in total. The van der Waals surface area contributed by atoms with Crippen LogP contribution >= 0.6 is 11.6 Å². The molecule has 0 fully saturated rings. The molecule has 0 aliphatic heterocycles. The number of halogens is 2. The van der Waals surface area contributed by atoms with Crippen molar-refractivity contribution in [3.8, 4) is 5.75 Å². The Labute approximate surface area is 122 Å². The van der Waals surface area contributed by atoms with Crippen molar-refractivity contribution >= 4 is 28.9 Å². The van der Waals surface area contributed by atoms with Crippen molar-refractivity contribution in [3.05, 3.63) is 62.9 Å². The molecule has 0 aliphatic rings. The first-order valence-corrected chi connectivity index (χ1v) is 6.00. The molecule has 21 heavy (non-hydrogen) atoms. The Balaban J connectivity index is 2.29. The number of nitro benzene ring substituents is 1. The van der Waals surface area contributed by atoms with Crippen LogP contribution in [-0.2, 0) is 0 Å². The SMILES string of the molecule is O=C(Nc1ccc(F)c(Cl)c1)c1cc([N+](=O)[O-])ccc1O. The monoisotopic (exact) mass is 310 g/mol. The highest BCUT2D eigenvalue weighted by Gasteiger charge is 2.17. The molecule has 1 amide bonds. The molecule has 8 heteroatoms. The minimum absolute atomic E-state index is 0.184. The topological polar surface area (TPSA) is 92.5 Å². The van der Waals surface area contributed by atoms with Crippen LogP contribution in [0.1, 0.15) is 10.4 Å². The second-order valence-electron chi connectivity index (χ2n) is 4.04. The highest BCUT2D eigenvalue weighted by atomic mass is 35.5. The second kappa shape index (κ2) is 5.76. The van der Waals surface area contributed by atoms with E-state index in [4.69, 9.17) is 11.6 Å². The van der Waals surface area contributed by atoms with Gasteiger partial charge in [-0.2, -0.15) is 0 Å². The summed E-state index contributed by atoms with van der Waals surface area (Å²) in [5, 5.41) is 22.4. The van der Waals surface area contributed by atoms with E-state index in [0.717, 1.165) is 24.3 Å². The Hall–Kier alpha value is -2.67. The van der Waals surface area contributed by atoms with E-state index in [1.54, 1.807) is 0 Å². The van der Waals surface area contributed by atoms with Crippen molar-refractivity contribution in [1.82, 2.24) is 0 Å². The number of carbonyl (C=O) groups excluding carboxylic acids is 1. The number of benzene rings is 2. The van der Waals surface area contributed by atoms with E-state index >= 15 is 0 Å². The van der Waals surface area contributed by atoms with Crippen LogP contribution in [0.15, 0.2) is 36.4 Å². The number of non-ortho nitro benzene ring substituents is 1. The van der Waals surface area contributed by atoms with Gasteiger partial charge in [-0.15, -0.1) is 0 Å². The Morgan fingerprint density at radius 2 is 2.00 bits per heavy atom. The quantitative estimate of drug-likeness (QED) is 0.671. The number of nitrogens with one attached hydrogen (secondary N) is 1. The van der Waals surface area contributed by atoms with Crippen LogP contribution in [0.5, 0.6) is 5.75 Å². The summed E-state index contributed by atoms with van der Waals surface area (Å²) in [5.41, 5.74) is -0.419. The molecule has 0 radical (unpaired) electrons. The van der Waals surface area contributed by atoms with E-state index in [0.29, 0.717) is 0 Å². The summed E-state index contributed by atoms with van der Waals surface area (Å²) >= 11 is 5.58. The third kappa shape index (κ3) is 3.26. The number of amides is 1. The minimum Gasteiger partial charge on any atom is -0.507 e. The highest BCUT2D eigenvalue weighted by Crippen LogP contribution is 2.25. The molecular formula is C13H8ClFN2O4. The maximum atomic E-state index is 13.0. The molecule has 2 aromatic rings. The summed E-state index contributed by atoms with van der Waals surface area (Å²) in [5.74, 6) is -1.84. The van der Waals surface area contributed by atoms with Crippen LogP contribution < -0.4 is 5.32 Å². The van der Waals surface area contributed by atoms with Gasteiger partial charge in [0.2, 0.25) is 0 Å². The van der Waals surface area contributed by atoms with Crippen LogP contribution in [0, 0.1) is 15.9 Å². The van der Waals surface area contributed by atoms with E-state index in [2.05, 4.69) is 5.32 Å². The van der Waals surface area contributed by atoms with Gasteiger partial charge >= 0.3 is 0 Å². The predicted octanol–water partition coefficient (Wildman–Crippen LogP) is 3.35. The number of phenolic OH excluding ortho intramolecular Hbond substituents is 1. The summed E-state index contributed by atoms with van der Waals surface area (Å²) in [7, 11) is 0. The number of hydrogen-bond donors (Lipinski definition) is 2. The lowest BCUT2D eigenvalue weighted by atomic mass is 10.1. The lowest BCUT2D eigenvalue weighted by Crippen LogP contribution is -2.12. The fourth-order valence-corrected chi connectivity index (χ4v) is 1.77. The maximum Gasteiger partial charge on any atom is 0.270 e. The predicted molar refractivity (Wildman–Crippen MR) is 74.1 cm³/mol. The van der Waals surface area contributed by atoms with Gasteiger partial charge in [0.15, 0.2) is 0 Å². The van der Waals surface area contributed by atoms with Crippen molar-refractivity contribution in [1.29, 1.82) is 0 Å². The van der Waals surface area contributed by atoms with Gasteiger partial charge in [0.25, 0.3) is 11.6 Å². The van der Waals surface area contributed by atoms with Gasteiger partial charge in [-0.3, -0.25) is 14.9 Å². The largest absolute Gasteiger partial charge is 0.507 e. The zero-order valence-electron chi connectivity index (χ0n) is 10.3. The number of nitro groups is 1. The van der Waals surface area contributed by atoms with E-state index in [9.17, 15) is 24.4 Å². The van der Waals surface area contributed by atoms with Crippen LogP contribution in [0.3, 0.4) is 0 Å². The third-order valence-corrected chi connectivity index (χ3v) is 2.90. The number of carbonyl (C=O) groups is 1. The maximum absolute atomic E-state index is 13.0. The number of phenols is 1. The number of rotatable bonds is 3. The van der Waals surface area contributed by atoms with Crippen LogP contribution in [0.25, 0.3) is 0 Å². The lowest BCUT2D eigenvalue weighted by molar-refractivity contribution is -0.384. The van der Waals surface area contributed by atoms with Crippen molar-refractivity contribution in [2.45, 2.75) is 0 Å². The third-order valence-electron chi connectivity index (χ3n) is 2.61. The smallest absolute Gasteiger partial charge is 0.270 e. The molecule has 0 aliphatic carbocycles. The van der Waals surface area contributed by atoms with E-state index in [1.807, 2.05) is 0 Å². The zero-order valence-corrected chi connectivity index (χ0v) is 11.1. The fourth-order valence-electron chi connectivity index (χ4n) is 1.59. The number of aromatic hydroxyl groups is 1. The molecule has 0 atom stereocenters. The first kappa shape index (κ1) is 14.7. The second-order valence-corrected chi connectivity index (χ2v) is 4.45. The summed E-state index contributed by atoms with van der Waals surface area (Å²) in [6, 6.07) is 6.57. The first-order chi connectivity index (χ1) is 9.88. The van der Waals surface area contributed by atoms with Gasteiger partial charge in [0.05, 0.1) is 15.5 Å². The van der Waals surface area contributed by atoms with Gasteiger partial charge < -0.3 is 10.4 Å². The lowest BCUT2D eigenvalue weighted by Gasteiger charge is -2.07. The van der Waals surface area contributed by atoms with Crippen molar-refractivity contribution in [2.24, 2.45) is 0 Å². The molecule has 2 aromatic carbocycles. The van der Waals surface area contributed by atoms with Crippen LogP contribution in [0.4, 0.5) is 15.8 Å². The molecule has 0 bridgehead atoms.